The molecule has 0 radical (unpaired) electrons. The van der Waals surface area contributed by atoms with E-state index in [1.54, 1.807) is 29.3 Å². The van der Waals surface area contributed by atoms with E-state index in [0.717, 1.165) is 5.57 Å². The van der Waals surface area contributed by atoms with Crippen LogP contribution in [0.2, 0.25) is 0 Å². The summed E-state index contributed by atoms with van der Waals surface area (Å²) < 4.78 is 0. The number of aromatic nitrogens is 1. The number of hydrogen-bond donors (Lipinski definition) is 1. The molecular weight excluding hydrogens is 270 g/mol. The fourth-order valence-electron chi connectivity index (χ4n) is 2.29. The van der Waals surface area contributed by atoms with Gasteiger partial charge in [-0.25, -0.2) is 9.78 Å². The lowest BCUT2D eigenvalue weighted by Crippen LogP contribution is -2.49. The molecule has 1 saturated heterocycles. The molecule has 2 heterocycles. The van der Waals surface area contributed by atoms with Crippen LogP contribution in [-0.2, 0) is 4.79 Å². The third kappa shape index (κ3) is 3.59. The molecule has 1 aliphatic rings. The number of nitrogens with zero attached hydrogens (tertiary/aromatic N) is 3. The van der Waals surface area contributed by atoms with Crippen LogP contribution in [0.25, 0.3) is 0 Å². The number of hydrogen-bond acceptors (Lipinski definition) is 4. The second kappa shape index (κ2) is 6.39. The van der Waals surface area contributed by atoms with E-state index >= 15 is 0 Å². The average molecular weight is 289 g/mol. The molecule has 1 amide bonds. The third-order valence-electron chi connectivity index (χ3n) is 3.32. The zero-order valence-electron chi connectivity index (χ0n) is 12.2. The first-order valence-electron chi connectivity index (χ1n) is 6.86. The Bertz CT molecular complexity index is 571. The van der Waals surface area contributed by atoms with E-state index in [4.69, 9.17) is 0 Å². The molecule has 0 aromatic carbocycles. The summed E-state index contributed by atoms with van der Waals surface area (Å²) in [5, 5.41) is 9.20. The number of aromatic carboxylic acids is 1. The maximum absolute atomic E-state index is 11.9. The molecule has 1 aliphatic heterocycles. The number of rotatable bonds is 3. The number of piperazine rings is 1. The molecule has 2 rings (SSSR count). The van der Waals surface area contributed by atoms with Gasteiger partial charge in [0.25, 0.3) is 0 Å². The van der Waals surface area contributed by atoms with Crippen LogP contribution in [0, 0.1) is 0 Å². The maximum atomic E-state index is 11.9. The Balaban J connectivity index is 2.07. The first kappa shape index (κ1) is 15.0. The Morgan fingerprint density at radius 3 is 2.48 bits per heavy atom. The van der Waals surface area contributed by atoms with Gasteiger partial charge in [-0.05, 0) is 26.0 Å². The molecule has 1 aromatic heterocycles. The molecule has 0 bridgehead atoms. The highest BCUT2D eigenvalue weighted by Gasteiger charge is 2.23. The van der Waals surface area contributed by atoms with Crippen molar-refractivity contribution in [1.82, 2.24) is 9.88 Å². The lowest BCUT2D eigenvalue weighted by molar-refractivity contribution is -0.126. The first-order chi connectivity index (χ1) is 9.99. The molecule has 0 saturated carbocycles. The Hall–Kier alpha value is -2.37. The van der Waals surface area contributed by atoms with Crippen LogP contribution in [0.4, 0.5) is 5.82 Å². The number of anilines is 1. The van der Waals surface area contributed by atoms with E-state index in [0.29, 0.717) is 32.0 Å². The van der Waals surface area contributed by atoms with Gasteiger partial charge in [0.15, 0.2) is 0 Å². The normalized spacial score (nSPS) is 14.8. The number of allylic oxidation sites excluding steroid dienone is 1. The largest absolute Gasteiger partial charge is 0.478 e. The van der Waals surface area contributed by atoms with Gasteiger partial charge in [-0.2, -0.15) is 0 Å². The minimum absolute atomic E-state index is 0.00845. The van der Waals surface area contributed by atoms with Crippen LogP contribution < -0.4 is 4.90 Å². The van der Waals surface area contributed by atoms with Crippen LogP contribution in [0.15, 0.2) is 30.0 Å². The molecule has 21 heavy (non-hydrogen) atoms. The van der Waals surface area contributed by atoms with Crippen molar-refractivity contribution in [1.29, 1.82) is 0 Å². The van der Waals surface area contributed by atoms with E-state index < -0.39 is 5.97 Å². The quantitative estimate of drug-likeness (QED) is 0.851. The van der Waals surface area contributed by atoms with Gasteiger partial charge >= 0.3 is 5.97 Å². The smallest absolute Gasteiger partial charge is 0.339 e. The second-order valence-corrected chi connectivity index (χ2v) is 5.21. The number of carbonyl (C=O) groups is 2. The maximum Gasteiger partial charge on any atom is 0.339 e. The van der Waals surface area contributed by atoms with Crippen LogP contribution in [0.3, 0.4) is 0 Å². The summed E-state index contributed by atoms with van der Waals surface area (Å²) in [7, 11) is 0. The van der Waals surface area contributed by atoms with Crippen molar-refractivity contribution >= 4 is 17.7 Å². The second-order valence-electron chi connectivity index (χ2n) is 5.21. The van der Waals surface area contributed by atoms with Crippen molar-refractivity contribution in [3.8, 4) is 0 Å². The number of carboxylic acids is 1. The fraction of sp³-hybridized carbons (Fsp3) is 0.400. The summed E-state index contributed by atoms with van der Waals surface area (Å²) in [5.41, 5.74) is 1.17. The highest BCUT2D eigenvalue weighted by molar-refractivity contribution is 5.93. The number of carboxylic acid groups (broad SMARTS) is 1. The standard InChI is InChI=1S/C15H19N3O3/c1-11(2)10-13(19)17-6-8-18(9-7-17)14-12(15(20)21)4-3-5-16-14/h3-5,10H,6-9H2,1-2H3,(H,20,21). The van der Waals surface area contributed by atoms with E-state index in [1.807, 2.05) is 18.7 Å². The van der Waals surface area contributed by atoms with Crippen molar-refractivity contribution in [2.24, 2.45) is 0 Å². The van der Waals surface area contributed by atoms with Crippen molar-refractivity contribution in [2.45, 2.75) is 13.8 Å². The molecule has 112 valence electrons. The van der Waals surface area contributed by atoms with Crippen molar-refractivity contribution in [3.05, 3.63) is 35.5 Å². The van der Waals surface area contributed by atoms with E-state index in [9.17, 15) is 14.7 Å². The lowest BCUT2D eigenvalue weighted by atomic mass is 10.2. The predicted molar refractivity (Wildman–Crippen MR) is 79.4 cm³/mol. The van der Waals surface area contributed by atoms with E-state index in [2.05, 4.69) is 4.98 Å². The summed E-state index contributed by atoms with van der Waals surface area (Å²) in [5.74, 6) is -0.505. The monoisotopic (exact) mass is 289 g/mol. The zero-order chi connectivity index (χ0) is 15.4. The summed E-state index contributed by atoms with van der Waals surface area (Å²) in [4.78, 5) is 31.0. The average Bonchev–Trinajstić information content (AvgIpc) is 2.46. The number of carbonyl (C=O) groups excluding carboxylic acids is 1. The van der Waals surface area contributed by atoms with Gasteiger partial charge in [0.2, 0.25) is 5.91 Å². The van der Waals surface area contributed by atoms with Gasteiger partial charge < -0.3 is 14.9 Å². The summed E-state index contributed by atoms with van der Waals surface area (Å²) >= 11 is 0. The minimum atomic E-state index is -0.985. The van der Waals surface area contributed by atoms with Crippen LogP contribution in [0.5, 0.6) is 0 Å². The molecular formula is C15H19N3O3. The molecule has 6 nitrogen and oxygen atoms in total. The van der Waals surface area contributed by atoms with Crippen LogP contribution in [0.1, 0.15) is 24.2 Å². The molecule has 6 heteroatoms. The highest BCUT2D eigenvalue weighted by Crippen LogP contribution is 2.19. The summed E-state index contributed by atoms with van der Waals surface area (Å²) in [6, 6.07) is 3.16. The topological polar surface area (TPSA) is 73.7 Å². The molecule has 0 unspecified atom stereocenters. The summed E-state index contributed by atoms with van der Waals surface area (Å²) in [6.07, 6.45) is 3.21. The van der Waals surface area contributed by atoms with Crippen LogP contribution >= 0.6 is 0 Å². The Morgan fingerprint density at radius 1 is 1.24 bits per heavy atom. The van der Waals surface area contributed by atoms with Gasteiger partial charge in [0, 0.05) is 38.5 Å². The summed E-state index contributed by atoms with van der Waals surface area (Å²) in [6.45, 7) is 6.08. The van der Waals surface area contributed by atoms with Gasteiger partial charge in [-0.3, -0.25) is 4.79 Å². The molecule has 1 aromatic rings. The first-order valence-corrected chi connectivity index (χ1v) is 6.86. The predicted octanol–water partition coefficient (Wildman–Crippen LogP) is 1.39. The number of amides is 1. The molecule has 1 N–H and O–H groups in total. The molecule has 0 aliphatic carbocycles. The fourth-order valence-corrected chi connectivity index (χ4v) is 2.29. The van der Waals surface area contributed by atoms with Crippen molar-refractivity contribution < 1.29 is 14.7 Å². The third-order valence-corrected chi connectivity index (χ3v) is 3.32. The lowest BCUT2D eigenvalue weighted by Gasteiger charge is -2.35. The van der Waals surface area contributed by atoms with Crippen molar-refractivity contribution in [2.75, 3.05) is 31.1 Å². The minimum Gasteiger partial charge on any atom is -0.478 e. The Morgan fingerprint density at radius 2 is 1.90 bits per heavy atom. The Labute approximate surface area is 123 Å². The van der Waals surface area contributed by atoms with Crippen molar-refractivity contribution in [3.63, 3.8) is 0 Å². The van der Waals surface area contributed by atoms with Gasteiger partial charge in [0.1, 0.15) is 11.4 Å². The highest BCUT2D eigenvalue weighted by atomic mass is 16.4. The SMILES string of the molecule is CC(C)=CC(=O)N1CCN(c2ncccc2C(=O)O)CC1. The van der Waals surface area contributed by atoms with E-state index in [1.165, 1.54) is 0 Å². The molecule has 0 atom stereocenters. The number of pyridine rings is 1. The zero-order valence-corrected chi connectivity index (χ0v) is 12.2. The van der Waals surface area contributed by atoms with Gasteiger partial charge in [0.05, 0.1) is 0 Å². The molecule has 1 fully saturated rings. The van der Waals surface area contributed by atoms with Crippen LogP contribution in [-0.4, -0.2) is 53.0 Å². The Kier molecular flexibility index (Phi) is 4.57. The van der Waals surface area contributed by atoms with E-state index in [-0.39, 0.29) is 11.5 Å². The van der Waals surface area contributed by atoms with Gasteiger partial charge in [-0.15, -0.1) is 0 Å². The molecule has 0 spiro atoms. The van der Waals surface area contributed by atoms with Gasteiger partial charge in [-0.1, -0.05) is 5.57 Å².